The van der Waals surface area contributed by atoms with Gasteiger partial charge in [0.1, 0.15) is 16.5 Å². The average Bonchev–Trinajstić information content (AvgIpc) is 3.44. The van der Waals surface area contributed by atoms with Crippen molar-refractivity contribution in [3.05, 3.63) is 105 Å². The SMILES string of the molecule is O=C(Nc1nc(-c2ccc(Cl)cc2)cs1)c1cccc(NC2=C(Cl)C(=O)N(c3ccc(F)cc3)C2=O)c1. The molecule has 0 spiro atoms. The van der Waals surface area contributed by atoms with Crippen molar-refractivity contribution in [1.29, 1.82) is 0 Å². The van der Waals surface area contributed by atoms with Crippen LogP contribution < -0.4 is 15.5 Å². The zero-order chi connectivity index (χ0) is 26.1. The lowest BCUT2D eigenvalue weighted by Crippen LogP contribution is -2.32. The Kier molecular flexibility index (Phi) is 6.75. The average molecular weight is 553 g/mol. The van der Waals surface area contributed by atoms with Gasteiger partial charge >= 0.3 is 0 Å². The van der Waals surface area contributed by atoms with Crippen LogP contribution in [0.2, 0.25) is 5.02 Å². The molecule has 4 aromatic rings. The van der Waals surface area contributed by atoms with Crippen molar-refractivity contribution in [3.63, 3.8) is 0 Å². The summed E-state index contributed by atoms with van der Waals surface area (Å²) in [7, 11) is 0. The van der Waals surface area contributed by atoms with Crippen molar-refractivity contribution in [3.8, 4) is 11.3 Å². The van der Waals surface area contributed by atoms with E-state index >= 15 is 0 Å². The molecule has 0 aliphatic carbocycles. The highest BCUT2D eigenvalue weighted by Crippen LogP contribution is 2.31. The summed E-state index contributed by atoms with van der Waals surface area (Å²) in [5.74, 6) is -2.36. The van der Waals surface area contributed by atoms with Crippen LogP contribution in [-0.4, -0.2) is 22.7 Å². The number of carbonyl (C=O) groups excluding carboxylic acids is 3. The number of thiazole rings is 1. The Morgan fingerprint density at radius 2 is 1.68 bits per heavy atom. The molecule has 11 heteroatoms. The standard InChI is InChI=1S/C26H15Cl2FN4O3S/c27-16-6-4-14(5-7-16)20-13-37-26(31-20)32-23(34)15-2-1-3-18(12-15)30-22-21(28)24(35)33(25(22)36)19-10-8-17(29)9-11-19/h1-13,30H,(H,31,32,34). The minimum Gasteiger partial charge on any atom is -0.350 e. The van der Waals surface area contributed by atoms with Crippen molar-refractivity contribution in [2.75, 3.05) is 15.5 Å². The van der Waals surface area contributed by atoms with Crippen LogP contribution in [0.25, 0.3) is 11.3 Å². The van der Waals surface area contributed by atoms with Gasteiger partial charge in [0.05, 0.1) is 11.4 Å². The third-order valence-corrected chi connectivity index (χ3v) is 6.73. The molecule has 0 bridgehead atoms. The van der Waals surface area contributed by atoms with E-state index in [1.807, 2.05) is 17.5 Å². The fraction of sp³-hybridized carbons (Fsp3) is 0. The molecule has 3 amide bonds. The molecule has 1 aliphatic heterocycles. The van der Waals surface area contributed by atoms with Gasteiger partial charge in [-0.05, 0) is 54.6 Å². The number of halogens is 3. The number of hydrogen-bond donors (Lipinski definition) is 2. The summed E-state index contributed by atoms with van der Waals surface area (Å²) < 4.78 is 13.3. The summed E-state index contributed by atoms with van der Waals surface area (Å²) in [6.07, 6.45) is 0. The number of anilines is 3. The Morgan fingerprint density at radius 3 is 2.41 bits per heavy atom. The van der Waals surface area contributed by atoms with Gasteiger partial charge in [0, 0.05) is 27.2 Å². The first-order valence-electron chi connectivity index (χ1n) is 10.7. The van der Waals surface area contributed by atoms with Crippen molar-refractivity contribution in [2.45, 2.75) is 0 Å². The van der Waals surface area contributed by atoms with E-state index in [0.717, 1.165) is 22.6 Å². The summed E-state index contributed by atoms with van der Waals surface area (Å²) in [5.41, 5.74) is 2.25. The van der Waals surface area contributed by atoms with Gasteiger partial charge in [-0.15, -0.1) is 11.3 Å². The second-order valence-corrected chi connectivity index (χ2v) is 9.49. The zero-order valence-corrected chi connectivity index (χ0v) is 21.0. The predicted molar refractivity (Wildman–Crippen MR) is 142 cm³/mol. The van der Waals surface area contributed by atoms with Crippen molar-refractivity contribution in [1.82, 2.24) is 4.98 Å². The van der Waals surface area contributed by atoms with Crippen LogP contribution in [0.4, 0.5) is 20.9 Å². The number of rotatable bonds is 6. The third-order valence-electron chi connectivity index (χ3n) is 5.37. The first kappa shape index (κ1) is 24.6. The van der Waals surface area contributed by atoms with E-state index in [4.69, 9.17) is 23.2 Å². The largest absolute Gasteiger partial charge is 0.350 e. The lowest BCUT2D eigenvalue weighted by Gasteiger charge is -2.15. The maximum Gasteiger partial charge on any atom is 0.283 e. The van der Waals surface area contributed by atoms with Crippen molar-refractivity contribution in [2.24, 2.45) is 0 Å². The summed E-state index contributed by atoms with van der Waals surface area (Å²) in [5, 5.41) is 8.11. The molecule has 37 heavy (non-hydrogen) atoms. The molecule has 2 N–H and O–H groups in total. The molecule has 1 aromatic heterocycles. The molecular formula is C26H15Cl2FN4O3S. The van der Waals surface area contributed by atoms with Crippen LogP contribution in [0, 0.1) is 5.82 Å². The molecule has 0 saturated carbocycles. The van der Waals surface area contributed by atoms with E-state index in [1.54, 1.807) is 30.3 Å². The van der Waals surface area contributed by atoms with Crippen LogP contribution in [-0.2, 0) is 9.59 Å². The van der Waals surface area contributed by atoms with Crippen LogP contribution in [0.3, 0.4) is 0 Å². The number of aromatic nitrogens is 1. The minimum absolute atomic E-state index is 0.152. The molecule has 7 nitrogen and oxygen atoms in total. The van der Waals surface area contributed by atoms with Crippen LogP contribution in [0.15, 0.2) is 88.9 Å². The van der Waals surface area contributed by atoms with Gasteiger partial charge < -0.3 is 5.32 Å². The van der Waals surface area contributed by atoms with Gasteiger partial charge in [0.25, 0.3) is 17.7 Å². The maximum atomic E-state index is 13.3. The van der Waals surface area contributed by atoms with Crippen LogP contribution in [0.1, 0.15) is 10.4 Å². The number of nitrogens with zero attached hydrogens (tertiary/aromatic N) is 2. The summed E-state index contributed by atoms with van der Waals surface area (Å²) in [6.45, 7) is 0. The molecule has 1 aliphatic rings. The van der Waals surface area contributed by atoms with Gasteiger partial charge in [-0.25, -0.2) is 14.3 Å². The first-order chi connectivity index (χ1) is 17.8. The van der Waals surface area contributed by atoms with E-state index in [2.05, 4.69) is 15.6 Å². The highest BCUT2D eigenvalue weighted by molar-refractivity contribution is 7.14. The normalized spacial score (nSPS) is 13.3. The Labute approximate surface area is 224 Å². The van der Waals surface area contributed by atoms with Crippen LogP contribution >= 0.6 is 34.5 Å². The Balaban J connectivity index is 1.30. The fourth-order valence-corrected chi connectivity index (χ4v) is 4.63. The van der Waals surface area contributed by atoms with Gasteiger partial charge in [0.15, 0.2) is 5.13 Å². The van der Waals surface area contributed by atoms with E-state index in [9.17, 15) is 18.8 Å². The highest BCUT2D eigenvalue weighted by Gasteiger charge is 2.39. The summed E-state index contributed by atoms with van der Waals surface area (Å²) >= 11 is 13.4. The number of benzene rings is 3. The Morgan fingerprint density at radius 1 is 0.946 bits per heavy atom. The molecule has 0 saturated heterocycles. The van der Waals surface area contributed by atoms with Gasteiger partial charge in [0.2, 0.25) is 0 Å². The zero-order valence-electron chi connectivity index (χ0n) is 18.7. The number of hydrogen-bond acceptors (Lipinski definition) is 6. The monoisotopic (exact) mass is 552 g/mol. The molecule has 0 radical (unpaired) electrons. The van der Waals surface area contributed by atoms with Gasteiger partial charge in [-0.2, -0.15) is 0 Å². The van der Waals surface area contributed by atoms with E-state index < -0.39 is 23.5 Å². The smallest absolute Gasteiger partial charge is 0.283 e. The lowest BCUT2D eigenvalue weighted by atomic mass is 10.2. The maximum absolute atomic E-state index is 13.3. The molecule has 0 unspecified atom stereocenters. The first-order valence-corrected chi connectivity index (χ1v) is 12.4. The molecular weight excluding hydrogens is 538 g/mol. The fourth-order valence-electron chi connectivity index (χ4n) is 3.57. The molecule has 5 rings (SSSR count). The van der Waals surface area contributed by atoms with E-state index in [1.165, 1.54) is 29.5 Å². The lowest BCUT2D eigenvalue weighted by molar-refractivity contribution is -0.120. The third kappa shape index (κ3) is 5.10. The summed E-state index contributed by atoms with van der Waals surface area (Å²) in [6, 6.07) is 18.4. The molecule has 2 heterocycles. The Bertz CT molecular complexity index is 1570. The minimum atomic E-state index is -0.741. The van der Waals surface area contributed by atoms with Gasteiger partial charge in [-0.3, -0.25) is 19.7 Å². The topological polar surface area (TPSA) is 91.4 Å². The molecule has 184 valence electrons. The molecule has 0 atom stereocenters. The van der Waals surface area contributed by atoms with E-state index in [0.29, 0.717) is 21.5 Å². The molecule has 3 aromatic carbocycles. The van der Waals surface area contributed by atoms with Crippen molar-refractivity contribution < 1.29 is 18.8 Å². The summed E-state index contributed by atoms with van der Waals surface area (Å²) in [4.78, 5) is 43.7. The van der Waals surface area contributed by atoms with E-state index in [-0.39, 0.29) is 22.0 Å². The quantitative estimate of drug-likeness (QED) is 0.274. The predicted octanol–water partition coefficient (Wildman–Crippen LogP) is 6.29. The van der Waals surface area contributed by atoms with Crippen LogP contribution in [0.5, 0.6) is 0 Å². The number of carbonyl (C=O) groups is 3. The van der Waals surface area contributed by atoms with Gasteiger partial charge in [-0.1, -0.05) is 41.4 Å². The Hall–Kier alpha value is -4.05. The second kappa shape index (κ2) is 10.1. The number of nitrogens with one attached hydrogen (secondary N) is 2. The van der Waals surface area contributed by atoms with Crippen molar-refractivity contribution >= 4 is 68.8 Å². The molecule has 0 fully saturated rings. The highest BCUT2D eigenvalue weighted by atomic mass is 35.5. The number of amides is 3. The number of imide groups is 1. The second-order valence-electron chi connectivity index (χ2n) is 7.82.